The van der Waals surface area contributed by atoms with E-state index in [1.54, 1.807) is 48.5 Å². The lowest BCUT2D eigenvalue weighted by Gasteiger charge is -2.09. The first-order valence-electron chi connectivity index (χ1n) is 9.01. The Balaban J connectivity index is 1.41. The van der Waals surface area contributed by atoms with Gasteiger partial charge in [-0.1, -0.05) is 11.6 Å². The lowest BCUT2D eigenvalue weighted by molar-refractivity contribution is -0.122. The second-order valence-corrected chi connectivity index (χ2v) is 6.92. The minimum atomic E-state index is -0.397. The van der Waals surface area contributed by atoms with Crippen molar-refractivity contribution in [3.8, 4) is 0 Å². The summed E-state index contributed by atoms with van der Waals surface area (Å²) in [6, 6.07) is 12.9. The molecule has 0 aromatic heterocycles. The molecular formula is C20H21ClN4O3. The van der Waals surface area contributed by atoms with Crippen molar-refractivity contribution in [3.05, 3.63) is 59.1 Å². The van der Waals surface area contributed by atoms with Crippen molar-refractivity contribution in [2.24, 2.45) is 5.92 Å². The van der Waals surface area contributed by atoms with Crippen LogP contribution in [0.15, 0.2) is 48.5 Å². The normalized spacial score (nSPS) is 12.8. The average Bonchev–Trinajstić information content (AvgIpc) is 3.52. The fourth-order valence-electron chi connectivity index (χ4n) is 2.49. The Morgan fingerprint density at radius 3 is 1.93 bits per heavy atom. The molecule has 0 atom stereocenters. The number of hydrogen-bond donors (Lipinski definition) is 4. The maximum atomic E-state index is 12.1. The number of benzene rings is 2. The van der Waals surface area contributed by atoms with Crippen molar-refractivity contribution in [3.63, 3.8) is 0 Å². The maximum absolute atomic E-state index is 12.1. The number of anilines is 2. The average molecular weight is 401 g/mol. The molecule has 2 aromatic carbocycles. The molecule has 28 heavy (non-hydrogen) atoms. The fraction of sp³-hybridized carbons (Fsp3) is 0.250. The van der Waals surface area contributed by atoms with Crippen LogP contribution in [0.2, 0.25) is 5.02 Å². The molecule has 1 aliphatic carbocycles. The smallest absolute Gasteiger partial charge is 0.323 e. The molecule has 0 aliphatic heterocycles. The van der Waals surface area contributed by atoms with E-state index in [0.717, 1.165) is 12.8 Å². The van der Waals surface area contributed by atoms with E-state index in [4.69, 9.17) is 11.6 Å². The summed E-state index contributed by atoms with van der Waals surface area (Å²) < 4.78 is 0. The van der Waals surface area contributed by atoms with Gasteiger partial charge in [0.15, 0.2) is 0 Å². The summed E-state index contributed by atoms with van der Waals surface area (Å²) in [4.78, 5) is 35.6. The van der Waals surface area contributed by atoms with E-state index in [-0.39, 0.29) is 17.7 Å². The summed E-state index contributed by atoms with van der Waals surface area (Å²) >= 11 is 5.81. The molecule has 0 heterocycles. The Hall–Kier alpha value is -3.06. The van der Waals surface area contributed by atoms with Crippen LogP contribution in [-0.4, -0.2) is 30.9 Å². The van der Waals surface area contributed by atoms with Gasteiger partial charge in [-0.05, 0) is 61.4 Å². The first-order chi connectivity index (χ1) is 13.5. The lowest BCUT2D eigenvalue weighted by atomic mass is 10.2. The van der Waals surface area contributed by atoms with Gasteiger partial charge in [-0.3, -0.25) is 9.59 Å². The molecule has 2 aromatic rings. The number of urea groups is 1. The van der Waals surface area contributed by atoms with Gasteiger partial charge in [0.2, 0.25) is 5.91 Å². The van der Waals surface area contributed by atoms with Crippen LogP contribution in [0.3, 0.4) is 0 Å². The molecule has 0 spiro atoms. The van der Waals surface area contributed by atoms with E-state index in [0.29, 0.717) is 35.1 Å². The number of carbonyl (C=O) groups is 3. The molecule has 0 radical (unpaired) electrons. The van der Waals surface area contributed by atoms with E-state index in [2.05, 4.69) is 21.3 Å². The molecule has 4 amide bonds. The van der Waals surface area contributed by atoms with E-state index in [1.165, 1.54) is 0 Å². The monoisotopic (exact) mass is 400 g/mol. The molecule has 0 saturated heterocycles. The van der Waals surface area contributed by atoms with Crippen molar-refractivity contribution in [1.29, 1.82) is 0 Å². The standard InChI is InChI=1S/C20H21ClN4O3/c21-15-5-9-17(10-6-15)25-20(28)24-16-7-3-14(4-8-16)19(27)23-12-11-22-18(26)13-1-2-13/h3-10,13H,1-2,11-12H2,(H,22,26)(H,23,27)(H2,24,25,28). The van der Waals surface area contributed by atoms with Gasteiger partial charge >= 0.3 is 6.03 Å². The quantitative estimate of drug-likeness (QED) is 0.537. The minimum absolute atomic E-state index is 0.0570. The molecule has 0 bridgehead atoms. The van der Waals surface area contributed by atoms with Gasteiger partial charge in [-0.2, -0.15) is 0 Å². The second-order valence-electron chi connectivity index (χ2n) is 6.48. The highest BCUT2D eigenvalue weighted by Crippen LogP contribution is 2.28. The molecule has 7 nitrogen and oxygen atoms in total. The van der Waals surface area contributed by atoms with Crippen LogP contribution in [0.4, 0.5) is 16.2 Å². The Morgan fingerprint density at radius 2 is 1.36 bits per heavy atom. The minimum Gasteiger partial charge on any atom is -0.354 e. The molecular weight excluding hydrogens is 380 g/mol. The first-order valence-corrected chi connectivity index (χ1v) is 9.38. The zero-order valence-electron chi connectivity index (χ0n) is 15.1. The maximum Gasteiger partial charge on any atom is 0.323 e. The van der Waals surface area contributed by atoms with Gasteiger partial charge in [-0.15, -0.1) is 0 Å². The van der Waals surface area contributed by atoms with Crippen LogP contribution in [0.5, 0.6) is 0 Å². The molecule has 1 saturated carbocycles. The molecule has 146 valence electrons. The number of amides is 4. The molecule has 0 unspecified atom stereocenters. The van der Waals surface area contributed by atoms with Crippen LogP contribution in [0.25, 0.3) is 0 Å². The van der Waals surface area contributed by atoms with Crippen LogP contribution < -0.4 is 21.3 Å². The highest BCUT2D eigenvalue weighted by molar-refractivity contribution is 6.30. The molecule has 3 rings (SSSR count). The largest absolute Gasteiger partial charge is 0.354 e. The van der Waals surface area contributed by atoms with E-state index < -0.39 is 6.03 Å². The van der Waals surface area contributed by atoms with Crippen LogP contribution in [0.1, 0.15) is 23.2 Å². The third-order valence-electron chi connectivity index (χ3n) is 4.16. The molecule has 1 aliphatic rings. The third kappa shape index (κ3) is 5.99. The summed E-state index contributed by atoms with van der Waals surface area (Å²) in [7, 11) is 0. The van der Waals surface area contributed by atoms with Crippen molar-refractivity contribution in [2.75, 3.05) is 23.7 Å². The predicted molar refractivity (Wildman–Crippen MR) is 109 cm³/mol. The second kappa shape index (κ2) is 9.23. The summed E-state index contributed by atoms with van der Waals surface area (Å²) in [5.74, 6) is -0.0213. The van der Waals surface area contributed by atoms with Crippen molar-refractivity contribution in [2.45, 2.75) is 12.8 Å². The van der Waals surface area contributed by atoms with Crippen LogP contribution >= 0.6 is 11.6 Å². The lowest BCUT2D eigenvalue weighted by Crippen LogP contribution is -2.35. The van der Waals surface area contributed by atoms with Gasteiger partial charge in [0.05, 0.1) is 0 Å². The van der Waals surface area contributed by atoms with Gasteiger partial charge in [0, 0.05) is 41.0 Å². The fourth-order valence-corrected chi connectivity index (χ4v) is 2.61. The first kappa shape index (κ1) is 19.7. The van der Waals surface area contributed by atoms with Crippen molar-refractivity contribution >= 4 is 40.8 Å². The topological polar surface area (TPSA) is 99.3 Å². The summed E-state index contributed by atoms with van der Waals surface area (Å²) in [6.07, 6.45) is 1.91. The zero-order chi connectivity index (χ0) is 19.9. The van der Waals surface area contributed by atoms with Crippen molar-refractivity contribution < 1.29 is 14.4 Å². The Kier molecular flexibility index (Phi) is 6.49. The highest BCUT2D eigenvalue weighted by atomic mass is 35.5. The summed E-state index contributed by atoms with van der Waals surface area (Å²) in [6.45, 7) is 0.770. The number of rotatable bonds is 7. The zero-order valence-corrected chi connectivity index (χ0v) is 15.9. The van der Waals surface area contributed by atoms with Gasteiger partial charge in [-0.25, -0.2) is 4.79 Å². The van der Waals surface area contributed by atoms with E-state index >= 15 is 0 Å². The third-order valence-corrected chi connectivity index (χ3v) is 4.42. The van der Waals surface area contributed by atoms with Gasteiger partial charge in [0.25, 0.3) is 5.91 Å². The predicted octanol–water partition coefficient (Wildman–Crippen LogP) is 3.24. The van der Waals surface area contributed by atoms with Crippen LogP contribution in [0, 0.1) is 5.92 Å². The van der Waals surface area contributed by atoms with Crippen LogP contribution in [-0.2, 0) is 4.79 Å². The van der Waals surface area contributed by atoms with Crippen molar-refractivity contribution in [1.82, 2.24) is 10.6 Å². The molecule has 8 heteroatoms. The summed E-state index contributed by atoms with van der Waals surface area (Å²) in [5.41, 5.74) is 1.64. The summed E-state index contributed by atoms with van der Waals surface area (Å²) in [5, 5.41) is 11.5. The Morgan fingerprint density at radius 1 is 0.821 bits per heavy atom. The SMILES string of the molecule is O=C(Nc1ccc(Cl)cc1)Nc1ccc(C(=O)NCCNC(=O)C2CC2)cc1. The van der Waals surface area contributed by atoms with Gasteiger partial charge < -0.3 is 21.3 Å². The van der Waals surface area contributed by atoms with E-state index in [1.807, 2.05) is 0 Å². The van der Waals surface area contributed by atoms with E-state index in [9.17, 15) is 14.4 Å². The number of hydrogen-bond acceptors (Lipinski definition) is 3. The number of carbonyl (C=O) groups excluding carboxylic acids is 3. The molecule has 1 fully saturated rings. The number of nitrogens with one attached hydrogen (secondary N) is 4. The van der Waals surface area contributed by atoms with Gasteiger partial charge in [0.1, 0.15) is 0 Å². The number of halogens is 1. The Bertz CT molecular complexity index is 849. The highest BCUT2D eigenvalue weighted by Gasteiger charge is 2.28. The Labute approximate surface area is 167 Å². The molecule has 4 N–H and O–H groups in total.